The quantitative estimate of drug-likeness (QED) is 0.525. The van der Waals surface area contributed by atoms with Crippen molar-refractivity contribution in [3.63, 3.8) is 0 Å². The Hall–Kier alpha value is -3.52. The lowest BCUT2D eigenvalue weighted by Crippen LogP contribution is -2.12. The van der Waals surface area contributed by atoms with Crippen LogP contribution in [-0.2, 0) is 16.3 Å². The topological polar surface area (TPSA) is 102 Å². The first-order valence-corrected chi connectivity index (χ1v) is 10.6. The Morgan fingerprint density at radius 1 is 0.897 bits per heavy atom. The fourth-order valence-electron chi connectivity index (χ4n) is 2.87. The predicted octanol–water partition coefficient (Wildman–Crippen LogP) is 3.49. The summed E-state index contributed by atoms with van der Waals surface area (Å²) >= 11 is 0. The van der Waals surface area contributed by atoms with Gasteiger partial charge in [-0.2, -0.15) is 0 Å². The van der Waals surface area contributed by atoms with E-state index >= 15 is 0 Å². The maximum Gasteiger partial charge on any atom is 0.322 e. The molecule has 0 spiro atoms. The molecule has 0 fully saturated rings. The number of rotatable bonds is 6. The smallest absolute Gasteiger partial charge is 0.322 e. The summed E-state index contributed by atoms with van der Waals surface area (Å²) in [6.45, 7) is 0. The predicted molar refractivity (Wildman–Crippen MR) is 108 cm³/mol. The Morgan fingerprint density at radius 3 is 2.41 bits per heavy atom. The number of anilines is 1. The van der Waals surface area contributed by atoms with Crippen LogP contribution < -0.4 is 5.32 Å². The number of fused-ring (bicyclic) bond motifs is 1. The van der Waals surface area contributed by atoms with Crippen LogP contribution in [0.5, 0.6) is 0 Å². The lowest BCUT2D eigenvalue weighted by molar-refractivity contribution is 0.102. The van der Waals surface area contributed by atoms with Crippen LogP contribution in [0.3, 0.4) is 0 Å². The van der Waals surface area contributed by atoms with Gasteiger partial charge in [-0.25, -0.2) is 8.42 Å². The van der Waals surface area contributed by atoms with Gasteiger partial charge in [0.1, 0.15) is 0 Å². The molecule has 29 heavy (non-hydrogen) atoms. The highest BCUT2D eigenvalue weighted by Gasteiger charge is 2.17. The zero-order chi connectivity index (χ0) is 20.3. The van der Waals surface area contributed by atoms with Gasteiger partial charge in [0.2, 0.25) is 5.89 Å². The number of hydrogen-bond acceptors (Lipinski definition) is 6. The number of nitrogens with one attached hydrogen (secondary N) is 1. The van der Waals surface area contributed by atoms with Crippen molar-refractivity contribution in [2.24, 2.45) is 0 Å². The number of carbonyl (C=O) groups excluding carboxylic acids is 1. The summed E-state index contributed by atoms with van der Waals surface area (Å²) in [5, 5.41) is 12.1. The van der Waals surface area contributed by atoms with E-state index in [-0.39, 0.29) is 34.9 Å². The van der Waals surface area contributed by atoms with Crippen LogP contribution in [0.4, 0.5) is 6.01 Å². The van der Waals surface area contributed by atoms with Gasteiger partial charge in [0.15, 0.2) is 9.84 Å². The molecule has 0 radical (unpaired) electrons. The van der Waals surface area contributed by atoms with E-state index < -0.39 is 9.84 Å². The van der Waals surface area contributed by atoms with E-state index in [1.54, 1.807) is 42.5 Å². The van der Waals surface area contributed by atoms with E-state index in [1.807, 2.05) is 30.3 Å². The molecule has 0 atom stereocenters. The van der Waals surface area contributed by atoms with Crippen molar-refractivity contribution in [3.8, 4) is 0 Å². The van der Waals surface area contributed by atoms with Crippen molar-refractivity contribution in [2.45, 2.75) is 11.3 Å². The fourth-order valence-corrected chi connectivity index (χ4v) is 4.12. The largest absolute Gasteiger partial charge is 0.408 e. The lowest BCUT2D eigenvalue weighted by atomic mass is 10.1. The summed E-state index contributed by atoms with van der Waals surface area (Å²) in [7, 11) is -3.45. The highest BCUT2D eigenvalue weighted by molar-refractivity contribution is 7.91. The van der Waals surface area contributed by atoms with Crippen LogP contribution in [0.2, 0.25) is 0 Å². The van der Waals surface area contributed by atoms with Crippen molar-refractivity contribution >= 4 is 32.5 Å². The molecule has 1 aromatic heterocycles. The molecule has 1 amide bonds. The fraction of sp³-hybridized carbons (Fsp3) is 0.0952. The van der Waals surface area contributed by atoms with E-state index in [1.165, 1.54) is 0 Å². The van der Waals surface area contributed by atoms with Crippen molar-refractivity contribution in [1.29, 1.82) is 0 Å². The Bertz CT molecular complexity index is 1270. The normalized spacial score (nSPS) is 11.4. The van der Waals surface area contributed by atoms with E-state index in [4.69, 9.17) is 4.42 Å². The number of sulfone groups is 1. The van der Waals surface area contributed by atoms with E-state index in [2.05, 4.69) is 15.5 Å². The van der Waals surface area contributed by atoms with Gasteiger partial charge in [-0.15, -0.1) is 5.10 Å². The van der Waals surface area contributed by atoms with Gasteiger partial charge in [0.25, 0.3) is 5.91 Å². The molecular formula is C21H17N3O4S. The zero-order valence-corrected chi connectivity index (χ0v) is 16.1. The summed E-state index contributed by atoms with van der Waals surface area (Å²) in [6.07, 6.45) is 0.0517. The van der Waals surface area contributed by atoms with Gasteiger partial charge in [-0.3, -0.25) is 10.1 Å². The highest BCUT2D eigenvalue weighted by Crippen LogP contribution is 2.17. The number of hydrogen-bond donors (Lipinski definition) is 1. The summed E-state index contributed by atoms with van der Waals surface area (Å²) in [5.74, 6) is -0.418. The number of amides is 1. The van der Waals surface area contributed by atoms with Crippen LogP contribution >= 0.6 is 0 Å². The van der Waals surface area contributed by atoms with Gasteiger partial charge in [-0.1, -0.05) is 53.6 Å². The van der Waals surface area contributed by atoms with Gasteiger partial charge < -0.3 is 4.42 Å². The molecule has 3 aromatic carbocycles. The molecule has 0 saturated carbocycles. The first-order valence-electron chi connectivity index (χ1n) is 8.92. The van der Waals surface area contributed by atoms with Crippen molar-refractivity contribution in [2.75, 3.05) is 11.1 Å². The van der Waals surface area contributed by atoms with Crippen molar-refractivity contribution in [3.05, 3.63) is 84.3 Å². The Kier molecular flexibility index (Phi) is 5.09. The molecular weight excluding hydrogens is 390 g/mol. The second-order valence-electron chi connectivity index (χ2n) is 6.40. The SMILES string of the molecule is O=C(Nc1nnc(CCS(=O)(=O)c2ccccc2)o1)c1ccc2ccccc2c1. The molecule has 4 rings (SSSR count). The first-order chi connectivity index (χ1) is 14.0. The molecule has 0 aliphatic heterocycles. The number of benzene rings is 3. The monoisotopic (exact) mass is 407 g/mol. The van der Waals surface area contributed by atoms with Gasteiger partial charge in [0, 0.05) is 12.0 Å². The van der Waals surface area contributed by atoms with Gasteiger partial charge >= 0.3 is 6.01 Å². The summed E-state index contributed by atoms with van der Waals surface area (Å²) in [5.41, 5.74) is 0.454. The van der Waals surface area contributed by atoms with Crippen LogP contribution in [0.15, 0.2) is 82.1 Å². The third kappa shape index (κ3) is 4.33. The van der Waals surface area contributed by atoms with Crippen molar-refractivity contribution < 1.29 is 17.6 Å². The molecule has 0 unspecified atom stereocenters. The maximum absolute atomic E-state index is 12.4. The minimum Gasteiger partial charge on any atom is -0.408 e. The van der Waals surface area contributed by atoms with Gasteiger partial charge in [-0.05, 0) is 35.0 Å². The number of aromatic nitrogens is 2. The number of nitrogens with zero attached hydrogens (tertiary/aromatic N) is 2. The third-order valence-electron chi connectivity index (χ3n) is 4.39. The van der Waals surface area contributed by atoms with Crippen molar-refractivity contribution in [1.82, 2.24) is 10.2 Å². The highest BCUT2D eigenvalue weighted by atomic mass is 32.2. The minimum absolute atomic E-state index is 0.0517. The van der Waals surface area contributed by atoms with Crippen LogP contribution in [0, 0.1) is 0 Å². The number of aryl methyl sites for hydroxylation is 1. The second-order valence-corrected chi connectivity index (χ2v) is 8.51. The maximum atomic E-state index is 12.4. The Labute approximate surface area is 167 Å². The zero-order valence-electron chi connectivity index (χ0n) is 15.3. The van der Waals surface area contributed by atoms with E-state index in [0.717, 1.165) is 10.8 Å². The Morgan fingerprint density at radius 2 is 1.62 bits per heavy atom. The second kappa shape index (κ2) is 7.84. The lowest BCUT2D eigenvalue weighted by Gasteiger charge is -2.03. The Balaban J connectivity index is 1.41. The van der Waals surface area contributed by atoms with E-state index in [0.29, 0.717) is 5.56 Å². The summed E-state index contributed by atoms with van der Waals surface area (Å²) in [6, 6.07) is 21.1. The molecule has 8 heteroatoms. The molecule has 146 valence electrons. The molecule has 1 heterocycles. The molecule has 0 bridgehead atoms. The average Bonchev–Trinajstić information content (AvgIpc) is 3.20. The van der Waals surface area contributed by atoms with E-state index in [9.17, 15) is 13.2 Å². The van der Waals surface area contributed by atoms with Crippen LogP contribution in [-0.4, -0.2) is 30.3 Å². The summed E-state index contributed by atoms with van der Waals surface area (Å²) < 4.78 is 30.0. The summed E-state index contributed by atoms with van der Waals surface area (Å²) in [4.78, 5) is 12.7. The third-order valence-corrected chi connectivity index (χ3v) is 6.12. The van der Waals surface area contributed by atoms with Crippen LogP contribution in [0.1, 0.15) is 16.2 Å². The average molecular weight is 407 g/mol. The number of carbonyl (C=O) groups is 1. The standard InChI is InChI=1S/C21H17N3O4S/c25-20(17-11-10-15-6-4-5-7-16(15)14-17)22-21-24-23-19(28-21)12-13-29(26,27)18-8-2-1-3-9-18/h1-11,14H,12-13H2,(H,22,24,25). The first kappa shape index (κ1) is 18.8. The molecule has 0 saturated heterocycles. The minimum atomic E-state index is -3.45. The molecule has 1 N–H and O–H groups in total. The molecule has 4 aromatic rings. The molecule has 0 aliphatic carbocycles. The molecule has 0 aliphatic rings. The van der Waals surface area contributed by atoms with Crippen LogP contribution in [0.25, 0.3) is 10.8 Å². The molecule has 7 nitrogen and oxygen atoms in total. The van der Waals surface area contributed by atoms with Gasteiger partial charge in [0.05, 0.1) is 10.6 Å².